The number of nitrogens with two attached hydrogens (primary N) is 1. The van der Waals surface area contributed by atoms with Gasteiger partial charge >= 0.3 is 0 Å². The van der Waals surface area contributed by atoms with Crippen LogP contribution in [0.3, 0.4) is 0 Å². The van der Waals surface area contributed by atoms with Crippen LogP contribution in [0.5, 0.6) is 0 Å². The van der Waals surface area contributed by atoms with E-state index in [-0.39, 0.29) is 5.95 Å². The summed E-state index contributed by atoms with van der Waals surface area (Å²) in [6, 6.07) is 15.3. The minimum atomic E-state index is 0.163. The molecule has 3 aliphatic rings. The predicted octanol–water partition coefficient (Wildman–Crippen LogP) is 4.51. The molecule has 10 nitrogen and oxygen atoms in total. The normalized spacial score (nSPS) is 18.2. The van der Waals surface area contributed by atoms with E-state index in [0.29, 0.717) is 11.8 Å². The summed E-state index contributed by atoms with van der Waals surface area (Å²) < 4.78 is 1.61. The first-order valence-corrected chi connectivity index (χ1v) is 15.2. The number of likely N-dealkylation sites (tertiary alicyclic amines) is 2. The maximum atomic E-state index is 6.01. The number of aryl methyl sites for hydroxylation is 2. The van der Waals surface area contributed by atoms with Gasteiger partial charge in [0, 0.05) is 18.2 Å². The van der Waals surface area contributed by atoms with E-state index >= 15 is 0 Å². The van der Waals surface area contributed by atoms with Crippen molar-refractivity contribution >= 4 is 23.7 Å². The van der Waals surface area contributed by atoms with Crippen LogP contribution in [0.25, 0.3) is 23.2 Å². The molecule has 5 heterocycles. The zero-order valence-corrected chi connectivity index (χ0v) is 24.0. The molecule has 0 spiro atoms. The Hall–Kier alpha value is -4.15. The third kappa shape index (κ3) is 5.77. The average Bonchev–Trinajstić information content (AvgIpc) is 3.65. The topological polar surface area (TPSA) is 114 Å². The number of fused-ring (bicyclic) bond motifs is 3. The molecule has 2 aliphatic heterocycles. The first kappa shape index (κ1) is 26.7. The summed E-state index contributed by atoms with van der Waals surface area (Å²) in [6.45, 7) is 5.90. The van der Waals surface area contributed by atoms with Crippen LogP contribution in [0, 0.1) is 0 Å². The van der Waals surface area contributed by atoms with Gasteiger partial charge in [-0.2, -0.15) is 9.67 Å². The van der Waals surface area contributed by atoms with E-state index in [1.165, 1.54) is 57.4 Å². The van der Waals surface area contributed by atoms with E-state index in [4.69, 9.17) is 5.73 Å². The molecule has 2 fully saturated rings. The van der Waals surface area contributed by atoms with Gasteiger partial charge < -0.3 is 16.0 Å². The molecule has 2 saturated heterocycles. The molecule has 0 atom stereocenters. The molecule has 1 aromatic carbocycles. The zero-order valence-electron chi connectivity index (χ0n) is 24.0. The van der Waals surface area contributed by atoms with E-state index in [1.807, 2.05) is 18.2 Å². The second-order valence-corrected chi connectivity index (χ2v) is 11.6. The highest BCUT2D eigenvalue weighted by Crippen LogP contribution is 2.31. The second-order valence-electron chi connectivity index (χ2n) is 11.6. The molecule has 0 radical (unpaired) electrons. The fraction of sp³-hybridized carbons (Fsp3) is 0.406. The summed E-state index contributed by atoms with van der Waals surface area (Å²) in [4.78, 5) is 14.3. The molecule has 3 aromatic heterocycles. The van der Waals surface area contributed by atoms with Gasteiger partial charge in [0.2, 0.25) is 11.9 Å². The summed E-state index contributed by atoms with van der Waals surface area (Å²) >= 11 is 0. The van der Waals surface area contributed by atoms with Crippen LogP contribution in [-0.4, -0.2) is 78.5 Å². The molecule has 0 bridgehead atoms. The number of piperidine rings is 1. The SMILES string of the molecule is Nc1nc(Nc2ccc(/C=C/CN3CCC(N4CCCC4)CC3)nc2)n(-c2cc3c(nn2)-c2ccccc2CCC3)n1. The molecular weight excluding hydrogens is 524 g/mol. The largest absolute Gasteiger partial charge is 0.366 e. The summed E-state index contributed by atoms with van der Waals surface area (Å²) in [6.07, 6.45) is 14.4. The fourth-order valence-electron chi connectivity index (χ4n) is 6.55. The van der Waals surface area contributed by atoms with Crippen molar-refractivity contribution in [3.63, 3.8) is 0 Å². The Labute approximate surface area is 246 Å². The van der Waals surface area contributed by atoms with Crippen molar-refractivity contribution < 1.29 is 0 Å². The monoisotopic (exact) mass is 562 g/mol. The standard InChI is InChI=1S/C32H38N10/c33-31-36-32(42(39-31)29-21-24-9-5-8-23-7-1-2-11-28(23)30(24)38-37-29)35-26-13-12-25(34-22-26)10-6-16-40-19-14-27(15-20-40)41-17-3-4-18-41/h1-2,6-7,10-13,21-22,27H,3-5,8-9,14-20H2,(H3,33,35,36,39)/b10-6+. The molecule has 0 amide bonds. The quantitative estimate of drug-likeness (QED) is 0.336. The molecule has 4 aromatic rings. The molecule has 0 saturated carbocycles. The number of hydrogen-bond donors (Lipinski definition) is 2. The van der Waals surface area contributed by atoms with E-state index in [1.54, 1.807) is 10.9 Å². The minimum Gasteiger partial charge on any atom is -0.366 e. The number of benzene rings is 1. The van der Waals surface area contributed by atoms with Crippen molar-refractivity contribution in [3.8, 4) is 17.1 Å². The smallest absolute Gasteiger partial charge is 0.241 e. The lowest BCUT2D eigenvalue weighted by molar-refractivity contribution is 0.135. The lowest BCUT2D eigenvalue weighted by Crippen LogP contribution is -2.43. The van der Waals surface area contributed by atoms with Crippen LogP contribution in [0.2, 0.25) is 0 Å². The first-order chi connectivity index (χ1) is 20.7. The maximum absolute atomic E-state index is 6.01. The third-order valence-electron chi connectivity index (χ3n) is 8.77. The number of nitrogens with one attached hydrogen (secondary N) is 1. The van der Waals surface area contributed by atoms with E-state index < -0.39 is 0 Å². The number of pyridine rings is 1. The molecule has 216 valence electrons. The number of anilines is 3. The number of rotatable bonds is 7. The number of nitrogens with zero attached hydrogens (tertiary/aromatic N) is 8. The average molecular weight is 563 g/mol. The Kier molecular flexibility index (Phi) is 7.63. The number of aromatic nitrogens is 6. The highest BCUT2D eigenvalue weighted by atomic mass is 15.5. The fourth-order valence-corrected chi connectivity index (χ4v) is 6.55. The molecule has 7 rings (SSSR count). The summed E-state index contributed by atoms with van der Waals surface area (Å²) in [7, 11) is 0. The maximum Gasteiger partial charge on any atom is 0.241 e. The third-order valence-corrected chi connectivity index (χ3v) is 8.77. The van der Waals surface area contributed by atoms with Crippen LogP contribution >= 0.6 is 0 Å². The van der Waals surface area contributed by atoms with Crippen molar-refractivity contribution in [2.45, 2.75) is 51.0 Å². The Bertz CT molecular complexity index is 1550. The minimum absolute atomic E-state index is 0.163. The number of nitrogen functional groups attached to an aromatic ring is 1. The van der Waals surface area contributed by atoms with Crippen LogP contribution in [-0.2, 0) is 12.8 Å². The van der Waals surface area contributed by atoms with Crippen molar-refractivity contribution in [3.05, 3.63) is 71.6 Å². The van der Waals surface area contributed by atoms with E-state index in [0.717, 1.165) is 60.1 Å². The molecule has 10 heteroatoms. The lowest BCUT2D eigenvalue weighted by Gasteiger charge is -2.36. The Morgan fingerprint density at radius 1 is 0.929 bits per heavy atom. The van der Waals surface area contributed by atoms with Crippen molar-refractivity contribution in [2.24, 2.45) is 0 Å². The van der Waals surface area contributed by atoms with E-state index in [2.05, 4.69) is 76.8 Å². The van der Waals surface area contributed by atoms with Crippen molar-refractivity contribution in [1.82, 2.24) is 39.7 Å². The molecule has 42 heavy (non-hydrogen) atoms. The molecule has 3 N–H and O–H groups in total. The highest BCUT2D eigenvalue weighted by molar-refractivity contribution is 5.68. The van der Waals surface area contributed by atoms with Gasteiger partial charge in [0.15, 0.2) is 5.82 Å². The van der Waals surface area contributed by atoms with Gasteiger partial charge in [-0.05, 0) is 107 Å². The molecule has 0 unspecified atom stereocenters. The molecule has 1 aliphatic carbocycles. The van der Waals surface area contributed by atoms with Crippen molar-refractivity contribution in [2.75, 3.05) is 43.8 Å². The Morgan fingerprint density at radius 3 is 2.60 bits per heavy atom. The highest BCUT2D eigenvalue weighted by Gasteiger charge is 2.26. The first-order valence-electron chi connectivity index (χ1n) is 15.2. The van der Waals surface area contributed by atoms with Crippen LogP contribution in [0.15, 0.2) is 54.7 Å². The van der Waals surface area contributed by atoms with Gasteiger partial charge in [-0.3, -0.25) is 9.88 Å². The number of hydrogen-bond acceptors (Lipinski definition) is 9. The van der Waals surface area contributed by atoms with Crippen LogP contribution < -0.4 is 11.1 Å². The van der Waals surface area contributed by atoms with Crippen LogP contribution in [0.4, 0.5) is 17.6 Å². The summed E-state index contributed by atoms with van der Waals surface area (Å²) in [5.41, 5.74) is 12.3. The van der Waals surface area contributed by atoms with Gasteiger partial charge in [-0.1, -0.05) is 30.3 Å². The van der Waals surface area contributed by atoms with E-state index in [9.17, 15) is 0 Å². The second kappa shape index (κ2) is 12.0. The van der Waals surface area contributed by atoms with Crippen molar-refractivity contribution in [1.29, 1.82) is 0 Å². The zero-order chi connectivity index (χ0) is 28.3. The van der Waals surface area contributed by atoms with Crippen LogP contribution in [0.1, 0.15) is 48.9 Å². The lowest BCUT2D eigenvalue weighted by atomic mass is 10.0. The summed E-state index contributed by atoms with van der Waals surface area (Å²) in [5.74, 6) is 1.21. The van der Waals surface area contributed by atoms with Gasteiger partial charge in [0.05, 0.1) is 23.3 Å². The predicted molar refractivity (Wildman–Crippen MR) is 166 cm³/mol. The Morgan fingerprint density at radius 2 is 1.76 bits per heavy atom. The van der Waals surface area contributed by atoms with Gasteiger partial charge in [-0.25, -0.2) is 0 Å². The summed E-state index contributed by atoms with van der Waals surface area (Å²) in [5, 5.41) is 16.8. The van der Waals surface area contributed by atoms with Gasteiger partial charge in [-0.15, -0.1) is 15.3 Å². The molecular formula is C32H38N10. The Balaban J connectivity index is 0.994. The van der Waals surface area contributed by atoms with Gasteiger partial charge in [0.25, 0.3) is 0 Å². The van der Waals surface area contributed by atoms with Gasteiger partial charge in [0.1, 0.15) is 0 Å².